The number of aryl methyl sites for hydroxylation is 3. The van der Waals surface area contributed by atoms with Gasteiger partial charge in [0, 0.05) is 18.4 Å². The average Bonchev–Trinajstić information content (AvgIpc) is 2.95. The fourth-order valence-corrected chi connectivity index (χ4v) is 2.88. The minimum Gasteiger partial charge on any atom is -0.481 e. The Hall–Kier alpha value is -2.88. The molecule has 2 aromatic carbocycles. The van der Waals surface area contributed by atoms with E-state index in [4.69, 9.17) is 9.52 Å². The number of nitrogens with zero attached hydrogens (tertiary/aromatic N) is 1. The lowest BCUT2D eigenvalue weighted by atomic mass is 9.99. The van der Waals surface area contributed by atoms with Crippen LogP contribution in [0, 0.1) is 13.8 Å². The van der Waals surface area contributed by atoms with Crippen LogP contribution in [0.2, 0.25) is 0 Å². The summed E-state index contributed by atoms with van der Waals surface area (Å²) in [5, 5.41) is 8.82. The van der Waals surface area contributed by atoms with Crippen molar-refractivity contribution >= 4 is 5.97 Å². The Morgan fingerprint density at radius 3 is 2.56 bits per heavy atom. The van der Waals surface area contributed by atoms with Gasteiger partial charge in [0.1, 0.15) is 5.76 Å². The van der Waals surface area contributed by atoms with Gasteiger partial charge in [-0.2, -0.15) is 0 Å². The predicted molar refractivity (Wildman–Crippen MR) is 96.6 cm³/mol. The third-order valence-corrected chi connectivity index (χ3v) is 4.30. The molecule has 0 atom stereocenters. The van der Waals surface area contributed by atoms with Gasteiger partial charge in [-0.3, -0.25) is 4.79 Å². The fraction of sp³-hybridized carbons (Fsp3) is 0.238. The van der Waals surface area contributed by atoms with Crippen LogP contribution < -0.4 is 0 Å². The summed E-state index contributed by atoms with van der Waals surface area (Å²) < 4.78 is 5.82. The summed E-state index contributed by atoms with van der Waals surface area (Å²) in [5.74, 6) is 0.699. The van der Waals surface area contributed by atoms with Crippen molar-refractivity contribution in [1.29, 1.82) is 0 Å². The summed E-state index contributed by atoms with van der Waals surface area (Å²) >= 11 is 0. The highest BCUT2D eigenvalue weighted by molar-refractivity contribution is 5.67. The summed E-state index contributed by atoms with van der Waals surface area (Å²) in [6, 6.07) is 16.0. The number of carbonyl (C=O) groups is 1. The van der Waals surface area contributed by atoms with Gasteiger partial charge in [-0.05, 0) is 49.1 Å². The molecule has 0 radical (unpaired) electrons. The standard InChI is InChI=1S/C21H21NO3/c1-14-12-16(8-9-17(14)10-11-20(23)24)13-19-15(2)25-21(22-19)18-6-4-3-5-7-18/h3-9,12H,10-11,13H2,1-2H3,(H,23,24). The molecular weight excluding hydrogens is 314 g/mol. The Bertz CT molecular complexity index is 881. The zero-order valence-electron chi connectivity index (χ0n) is 14.5. The van der Waals surface area contributed by atoms with Crippen molar-refractivity contribution in [3.8, 4) is 11.5 Å². The molecule has 0 aliphatic rings. The fourth-order valence-electron chi connectivity index (χ4n) is 2.88. The lowest BCUT2D eigenvalue weighted by Gasteiger charge is -2.07. The van der Waals surface area contributed by atoms with E-state index in [1.807, 2.05) is 56.3 Å². The van der Waals surface area contributed by atoms with Crippen LogP contribution in [0.5, 0.6) is 0 Å². The first-order valence-corrected chi connectivity index (χ1v) is 8.35. The number of hydrogen-bond acceptors (Lipinski definition) is 3. The van der Waals surface area contributed by atoms with Crippen molar-refractivity contribution < 1.29 is 14.3 Å². The van der Waals surface area contributed by atoms with Gasteiger partial charge in [0.05, 0.1) is 5.69 Å². The van der Waals surface area contributed by atoms with Crippen LogP contribution >= 0.6 is 0 Å². The molecule has 25 heavy (non-hydrogen) atoms. The summed E-state index contributed by atoms with van der Waals surface area (Å²) in [6.07, 6.45) is 1.41. The minimum absolute atomic E-state index is 0.156. The van der Waals surface area contributed by atoms with Crippen molar-refractivity contribution in [3.63, 3.8) is 0 Å². The topological polar surface area (TPSA) is 63.3 Å². The smallest absolute Gasteiger partial charge is 0.303 e. The van der Waals surface area contributed by atoms with Crippen molar-refractivity contribution in [1.82, 2.24) is 4.98 Å². The van der Waals surface area contributed by atoms with E-state index in [2.05, 4.69) is 11.1 Å². The molecule has 0 amide bonds. The SMILES string of the molecule is Cc1cc(Cc2nc(-c3ccccc3)oc2C)ccc1CCC(=O)O. The van der Waals surface area contributed by atoms with Crippen LogP contribution in [0.3, 0.4) is 0 Å². The largest absolute Gasteiger partial charge is 0.481 e. The van der Waals surface area contributed by atoms with Crippen LogP contribution in [0.15, 0.2) is 52.9 Å². The Morgan fingerprint density at radius 2 is 1.88 bits per heavy atom. The van der Waals surface area contributed by atoms with Gasteiger partial charge < -0.3 is 9.52 Å². The van der Waals surface area contributed by atoms with Crippen LogP contribution in [-0.4, -0.2) is 16.1 Å². The number of aromatic nitrogens is 1. The van der Waals surface area contributed by atoms with E-state index in [0.29, 0.717) is 18.7 Å². The van der Waals surface area contributed by atoms with Gasteiger partial charge in [0.25, 0.3) is 0 Å². The van der Waals surface area contributed by atoms with E-state index in [0.717, 1.165) is 33.7 Å². The molecule has 1 aromatic heterocycles. The molecule has 0 aliphatic carbocycles. The van der Waals surface area contributed by atoms with Gasteiger partial charge in [-0.25, -0.2) is 4.98 Å². The number of hydrogen-bond donors (Lipinski definition) is 1. The highest BCUT2D eigenvalue weighted by Gasteiger charge is 2.12. The van der Waals surface area contributed by atoms with Crippen LogP contribution in [0.25, 0.3) is 11.5 Å². The molecule has 0 saturated carbocycles. The summed E-state index contributed by atoms with van der Waals surface area (Å²) in [4.78, 5) is 15.4. The van der Waals surface area contributed by atoms with Gasteiger partial charge in [-0.15, -0.1) is 0 Å². The number of carboxylic acids is 1. The summed E-state index contributed by atoms with van der Waals surface area (Å²) in [7, 11) is 0. The molecule has 4 heteroatoms. The van der Waals surface area contributed by atoms with E-state index in [-0.39, 0.29) is 6.42 Å². The molecular formula is C21H21NO3. The first kappa shape index (κ1) is 17.0. The highest BCUT2D eigenvalue weighted by Crippen LogP contribution is 2.24. The molecule has 3 aromatic rings. The minimum atomic E-state index is -0.768. The maximum absolute atomic E-state index is 10.7. The zero-order valence-corrected chi connectivity index (χ0v) is 14.5. The van der Waals surface area contributed by atoms with E-state index in [9.17, 15) is 4.79 Å². The van der Waals surface area contributed by atoms with Crippen LogP contribution in [0.1, 0.15) is 34.6 Å². The Morgan fingerprint density at radius 1 is 1.12 bits per heavy atom. The van der Waals surface area contributed by atoms with Crippen LogP contribution in [-0.2, 0) is 17.6 Å². The lowest BCUT2D eigenvalue weighted by Crippen LogP contribution is -2.00. The monoisotopic (exact) mass is 335 g/mol. The number of benzene rings is 2. The quantitative estimate of drug-likeness (QED) is 0.717. The number of rotatable bonds is 6. The normalized spacial score (nSPS) is 10.8. The lowest BCUT2D eigenvalue weighted by molar-refractivity contribution is -0.136. The highest BCUT2D eigenvalue weighted by atomic mass is 16.4. The van der Waals surface area contributed by atoms with Crippen molar-refractivity contribution in [2.45, 2.75) is 33.1 Å². The Balaban J connectivity index is 1.77. The predicted octanol–water partition coefficient (Wildman–Crippen LogP) is 4.57. The molecule has 1 N–H and O–H groups in total. The average molecular weight is 335 g/mol. The molecule has 0 fully saturated rings. The van der Waals surface area contributed by atoms with E-state index < -0.39 is 5.97 Å². The molecule has 0 bridgehead atoms. The molecule has 128 valence electrons. The van der Waals surface area contributed by atoms with E-state index in [1.165, 1.54) is 0 Å². The first-order valence-electron chi connectivity index (χ1n) is 8.35. The van der Waals surface area contributed by atoms with Crippen molar-refractivity contribution in [3.05, 3.63) is 76.7 Å². The Labute approximate surface area is 147 Å². The number of carboxylic acid groups (broad SMARTS) is 1. The first-order chi connectivity index (χ1) is 12.0. The molecule has 0 unspecified atom stereocenters. The summed E-state index contributed by atoms with van der Waals surface area (Å²) in [6.45, 7) is 3.95. The molecule has 0 spiro atoms. The molecule has 0 saturated heterocycles. The summed E-state index contributed by atoms with van der Waals surface area (Å²) in [5.41, 5.74) is 5.23. The van der Waals surface area contributed by atoms with E-state index >= 15 is 0 Å². The molecule has 1 heterocycles. The third kappa shape index (κ3) is 4.15. The number of aliphatic carboxylic acids is 1. The van der Waals surface area contributed by atoms with Gasteiger partial charge in [0.2, 0.25) is 5.89 Å². The zero-order chi connectivity index (χ0) is 17.8. The maximum Gasteiger partial charge on any atom is 0.303 e. The molecule has 0 aliphatic heterocycles. The van der Waals surface area contributed by atoms with E-state index in [1.54, 1.807) is 0 Å². The van der Waals surface area contributed by atoms with Gasteiger partial charge >= 0.3 is 5.97 Å². The van der Waals surface area contributed by atoms with Crippen LogP contribution in [0.4, 0.5) is 0 Å². The second-order valence-corrected chi connectivity index (χ2v) is 6.22. The third-order valence-electron chi connectivity index (χ3n) is 4.30. The van der Waals surface area contributed by atoms with Gasteiger partial charge in [0.15, 0.2) is 0 Å². The molecule has 4 nitrogen and oxygen atoms in total. The maximum atomic E-state index is 10.7. The second kappa shape index (κ2) is 7.34. The second-order valence-electron chi connectivity index (χ2n) is 6.22. The van der Waals surface area contributed by atoms with Crippen molar-refractivity contribution in [2.75, 3.05) is 0 Å². The number of oxazole rings is 1. The van der Waals surface area contributed by atoms with Crippen molar-refractivity contribution in [2.24, 2.45) is 0 Å². The van der Waals surface area contributed by atoms with Gasteiger partial charge in [-0.1, -0.05) is 36.4 Å². The molecule has 3 rings (SSSR count). The Kier molecular flexibility index (Phi) is 4.98.